The molecule has 15 rings (SSSR count). The summed E-state index contributed by atoms with van der Waals surface area (Å²) in [5, 5.41) is 0.337. The second-order valence-corrected chi connectivity index (χ2v) is 27.0. The number of fused-ring (bicyclic) bond motifs is 6. The minimum atomic E-state index is -0.470. The van der Waals surface area contributed by atoms with Gasteiger partial charge in [-0.2, -0.15) is 0 Å². The van der Waals surface area contributed by atoms with Gasteiger partial charge in [0.1, 0.15) is 11.5 Å². The molecule has 6 aliphatic rings. The fourth-order valence-electron chi connectivity index (χ4n) is 15.5. The van der Waals surface area contributed by atoms with E-state index in [-0.39, 0.29) is 53.6 Å². The van der Waals surface area contributed by atoms with Gasteiger partial charge in [-0.05, 0) is 184 Å². The summed E-state index contributed by atoms with van der Waals surface area (Å²) in [5.41, 5.74) is 8.75. The summed E-state index contributed by atoms with van der Waals surface area (Å²) in [4.78, 5) is 74.3. The molecule has 6 saturated heterocycles. The van der Waals surface area contributed by atoms with Crippen molar-refractivity contribution in [3.8, 4) is 51.4 Å². The van der Waals surface area contributed by atoms with Gasteiger partial charge in [0, 0.05) is 113 Å². The van der Waals surface area contributed by atoms with Crippen molar-refractivity contribution in [2.75, 3.05) is 19.8 Å². The van der Waals surface area contributed by atoms with Gasteiger partial charge >= 0.3 is 0 Å². The molecule has 3 amide bonds. The summed E-state index contributed by atoms with van der Waals surface area (Å²) in [7, 11) is 0. The second-order valence-electron chi connectivity index (χ2n) is 26.5. The minimum Gasteiger partial charge on any atom is -0.493 e. The van der Waals surface area contributed by atoms with Crippen LogP contribution in [-0.2, 0) is 0 Å². The highest BCUT2D eigenvalue weighted by Crippen LogP contribution is 2.45. The Kier molecular flexibility index (Phi) is 20.2. The first-order chi connectivity index (χ1) is 46.8. The fraction of sp³-hybridized carbons (Fsp3) is 0.354. The lowest BCUT2D eigenvalue weighted by Crippen LogP contribution is -2.49. The predicted molar refractivity (Wildman–Crippen MR) is 369 cm³/mol. The van der Waals surface area contributed by atoms with E-state index >= 15 is 0 Å². The normalized spacial score (nSPS) is 22.1. The van der Waals surface area contributed by atoms with Crippen molar-refractivity contribution in [3.63, 3.8) is 0 Å². The SMILES string of the molecule is Cc1ccc(-c2ncccn2)c(C(=O)N2C3CC[C@H]2CCC3COc2ccc(Cl)cc2F)c1.Cc1ccc(-c2ncccn2)c(C(=O)N2C3CC[C@H]2CCC3COc2ccccc2)c1.Cc1ccc(OCC2CC[C@@H]3CCC2N3C(=O)c2cc(C)ccc2-c2ncccn2)cc1. The van der Waals surface area contributed by atoms with E-state index in [0.717, 1.165) is 122 Å². The van der Waals surface area contributed by atoms with Crippen molar-refractivity contribution in [2.45, 2.75) is 141 Å². The molecule has 0 saturated carbocycles. The maximum atomic E-state index is 14.2. The molecule has 6 unspecified atom stereocenters. The van der Waals surface area contributed by atoms with E-state index in [1.807, 2.05) is 123 Å². The first-order valence-corrected chi connectivity index (χ1v) is 34.3. The molecular weight excluding hydrogens is 1230 g/mol. The van der Waals surface area contributed by atoms with Crippen molar-refractivity contribution in [2.24, 2.45) is 17.8 Å². The monoisotopic (exact) mass is 1310 g/mol. The molecule has 0 N–H and O–H groups in total. The Balaban J connectivity index is 0.000000130. The maximum absolute atomic E-state index is 14.2. The topological polar surface area (TPSA) is 166 Å². The first-order valence-electron chi connectivity index (χ1n) is 33.9. The molecule has 6 bridgehead atoms. The number of para-hydroxylation sites is 1. The third kappa shape index (κ3) is 14.5. The summed E-state index contributed by atoms with van der Waals surface area (Å²) < 4.78 is 32.2. The third-order valence-corrected chi connectivity index (χ3v) is 20.5. The van der Waals surface area contributed by atoms with Crippen LogP contribution in [0.1, 0.15) is 130 Å². The molecule has 0 aliphatic carbocycles. The number of hydrogen-bond donors (Lipinski definition) is 0. The quantitative estimate of drug-likeness (QED) is 0.0955. The highest BCUT2D eigenvalue weighted by atomic mass is 35.5. The molecule has 96 heavy (non-hydrogen) atoms. The molecular formula is C79H81ClFN9O6. The highest BCUT2D eigenvalue weighted by Gasteiger charge is 2.48. The van der Waals surface area contributed by atoms with Gasteiger partial charge in [-0.25, -0.2) is 34.3 Å². The van der Waals surface area contributed by atoms with Crippen LogP contribution in [0.25, 0.3) is 34.2 Å². The van der Waals surface area contributed by atoms with Crippen LogP contribution in [0.4, 0.5) is 4.39 Å². The molecule has 6 aromatic carbocycles. The zero-order valence-corrected chi connectivity index (χ0v) is 55.6. The Labute approximate surface area is 566 Å². The average Bonchev–Trinajstić information content (AvgIpc) is 1.52. The van der Waals surface area contributed by atoms with Crippen molar-refractivity contribution >= 4 is 29.3 Å². The molecule has 15 nitrogen and oxygen atoms in total. The highest BCUT2D eigenvalue weighted by molar-refractivity contribution is 6.30. The molecule has 9 heterocycles. The number of ether oxygens (including phenoxy) is 3. The fourth-order valence-corrected chi connectivity index (χ4v) is 15.6. The molecule has 6 aliphatic heterocycles. The van der Waals surface area contributed by atoms with Gasteiger partial charge in [0.25, 0.3) is 17.7 Å². The Morgan fingerprint density at radius 3 is 1.11 bits per heavy atom. The maximum Gasteiger partial charge on any atom is 0.255 e. The summed E-state index contributed by atoms with van der Waals surface area (Å²) in [5.74, 6) is 4.30. The number of aromatic nitrogens is 6. The van der Waals surface area contributed by atoms with E-state index in [1.54, 1.807) is 67.5 Å². The Hall–Kier alpha value is -9.41. The number of nitrogens with zero attached hydrogens (tertiary/aromatic N) is 9. The van der Waals surface area contributed by atoms with E-state index < -0.39 is 5.82 Å². The standard InChI is InChI=1S/C27H29N3O2.C26H25ClFN3O2.C26H27N3O2/c1-18-4-10-22(11-5-18)32-17-20-7-8-21-9-13-25(20)30(21)27(31)24-16-19(2)6-12-23(24)26-28-14-3-15-29-26;1-16-3-8-20(25-29-11-2-12-30-25)21(13-16)26(32)31-19-6-4-17(23(31)9-7-19)15-33-24-10-5-18(27)14-22(24)28;1-18-8-12-22(25-27-14-5-15-28-25)23(16-18)26(30)29-20-10-9-19(24(29)13-11-20)17-31-21-6-3-2-4-7-21/h3-6,10-12,14-16,20-21,25H,7-9,13,17H2,1-2H3;2-3,5,8,10-14,17,19,23H,4,6-7,9,15H2,1H3;2-8,12,14-16,19-20,24H,9-11,13,17H2,1H3/t20?,21-,25?;17?,19-,23?;19?,20-,24?/m111/s1. The molecule has 3 aromatic heterocycles. The van der Waals surface area contributed by atoms with E-state index in [9.17, 15) is 18.8 Å². The summed E-state index contributed by atoms with van der Waals surface area (Å²) in [6.45, 7) is 9.76. The van der Waals surface area contributed by atoms with Crippen LogP contribution in [0.3, 0.4) is 0 Å². The number of halogens is 2. The number of amides is 3. The molecule has 0 radical (unpaired) electrons. The lowest BCUT2D eigenvalue weighted by molar-refractivity contribution is 0.0398. The number of piperidine rings is 3. The lowest BCUT2D eigenvalue weighted by atomic mass is 9.89. The molecule has 6 fully saturated rings. The van der Waals surface area contributed by atoms with Gasteiger partial charge in [-0.3, -0.25) is 14.4 Å². The van der Waals surface area contributed by atoms with Gasteiger partial charge in [0.05, 0.1) is 36.5 Å². The van der Waals surface area contributed by atoms with Gasteiger partial charge in [0.2, 0.25) is 0 Å². The van der Waals surface area contributed by atoms with E-state index in [1.165, 1.54) is 11.6 Å². The van der Waals surface area contributed by atoms with Crippen LogP contribution in [0.2, 0.25) is 5.02 Å². The van der Waals surface area contributed by atoms with E-state index in [0.29, 0.717) is 82.9 Å². The number of benzene rings is 6. The van der Waals surface area contributed by atoms with E-state index in [2.05, 4.69) is 58.8 Å². The van der Waals surface area contributed by atoms with Crippen molar-refractivity contribution in [3.05, 3.63) is 233 Å². The van der Waals surface area contributed by atoms with Gasteiger partial charge < -0.3 is 28.9 Å². The van der Waals surface area contributed by atoms with Crippen molar-refractivity contribution < 1.29 is 33.0 Å². The van der Waals surface area contributed by atoms with Crippen LogP contribution in [0.15, 0.2) is 183 Å². The molecule has 9 aromatic rings. The zero-order chi connectivity index (χ0) is 66.2. The smallest absolute Gasteiger partial charge is 0.255 e. The summed E-state index contributed by atoms with van der Waals surface area (Å²) in [6, 6.07) is 47.1. The van der Waals surface area contributed by atoms with Crippen molar-refractivity contribution in [1.82, 2.24) is 44.6 Å². The Morgan fingerprint density at radius 1 is 0.396 bits per heavy atom. The minimum absolute atomic E-state index is 0.0102. The molecule has 0 spiro atoms. The van der Waals surface area contributed by atoms with Crippen LogP contribution < -0.4 is 14.2 Å². The van der Waals surface area contributed by atoms with Gasteiger partial charge in [-0.1, -0.05) is 101 Å². The second kappa shape index (κ2) is 29.7. The Morgan fingerprint density at radius 2 is 0.740 bits per heavy atom. The van der Waals surface area contributed by atoms with Crippen LogP contribution in [0, 0.1) is 51.3 Å². The number of carbonyl (C=O) groups is 3. The van der Waals surface area contributed by atoms with Gasteiger partial charge in [-0.15, -0.1) is 0 Å². The largest absolute Gasteiger partial charge is 0.493 e. The van der Waals surface area contributed by atoms with Crippen LogP contribution in [-0.4, -0.2) is 118 Å². The van der Waals surface area contributed by atoms with Gasteiger partial charge in [0.15, 0.2) is 29.0 Å². The average molecular weight is 1310 g/mol. The first kappa shape index (κ1) is 65.3. The predicted octanol–water partition coefficient (Wildman–Crippen LogP) is 15.8. The lowest BCUT2D eigenvalue weighted by Gasteiger charge is -2.40. The summed E-state index contributed by atoms with van der Waals surface area (Å²) in [6.07, 6.45) is 22.5. The third-order valence-electron chi connectivity index (χ3n) is 20.3. The summed E-state index contributed by atoms with van der Waals surface area (Å²) >= 11 is 5.85. The van der Waals surface area contributed by atoms with Crippen LogP contribution >= 0.6 is 11.6 Å². The molecule has 17 heteroatoms. The molecule has 9 atom stereocenters. The van der Waals surface area contributed by atoms with E-state index in [4.69, 9.17) is 25.8 Å². The van der Waals surface area contributed by atoms with Crippen molar-refractivity contribution in [1.29, 1.82) is 0 Å². The number of rotatable bonds is 15. The number of aryl methyl sites for hydroxylation is 4. The molecule has 492 valence electrons. The Bertz CT molecular complexity index is 4180. The van der Waals surface area contributed by atoms with Crippen LogP contribution in [0.5, 0.6) is 17.2 Å². The number of carbonyl (C=O) groups excluding carboxylic acids is 3. The number of hydrogen-bond acceptors (Lipinski definition) is 12. The zero-order valence-electron chi connectivity index (χ0n) is 54.9.